The molecule has 1 amide bonds. The van der Waals surface area contributed by atoms with E-state index in [4.69, 9.17) is 28.3 Å². The first-order valence-electron chi connectivity index (χ1n) is 8.70. The van der Waals surface area contributed by atoms with E-state index in [2.05, 4.69) is 20.4 Å². The Kier molecular flexibility index (Phi) is 4.88. The third-order valence-electron chi connectivity index (χ3n) is 4.73. The fourth-order valence-corrected chi connectivity index (χ4v) is 3.94. The summed E-state index contributed by atoms with van der Waals surface area (Å²) in [6, 6.07) is 9.00. The van der Waals surface area contributed by atoms with Crippen LogP contribution >= 0.6 is 23.2 Å². The van der Waals surface area contributed by atoms with Crippen LogP contribution in [0, 0.1) is 5.92 Å². The second-order valence-corrected chi connectivity index (χ2v) is 7.42. The summed E-state index contributed by atoms with van der Waals surface area (Å²) in [4.78, 5) is 14.1. The van der Waals surface area contributed by atoms with Gasteiger partial charge in [-0.1, -0.05) is 23.2 Å². The molecule has 1 atom stereocenters. The summed E-state index contributed by atoms with van der Waals surface area (Å²) in [5.41, 5.74) is 1.37. The Morgan fingerprint density at radius 2 is 1.96 bits per heavy atom. The van der Waals surface area contributed by atoms with Gasteiger partial charge in [-0.25, -0.2) is 0 Å². The molecular weight excluding hydrogens is 387 g/mol. The van der Waals surface area contributed by atoms with Gasteiger partial charge in [0.1, 0.15) is 5.82 Å². The molecule has 1 fully saturated rings. The molecule has 9 heteroatoms. The lowest BCUT2D eigenvalue weighted by molar-refractivity contribution is -0.124. The first kappa shape index (κ1) is 18.0. The Balaban J connectivity index is 1.71. The molecule has 2 aromatic heterocycles. The van der Waals surface area contributed by atoms with Gasteiger partial charge in [-0.3, -0.25) is 4.79 Å². The molecule has 1 aromatic carbocycles. The summed E-state index contributed by atoms with van der Waals surface area (Å²) >= 11 is 12.2. The van der Waals surface area contributed by atoms with Crippen LogP contribution in [0.5, 0.6) is 0 Å². The molecule has 3 aromatic rings. The molecule has 0 aliphatic carbocycles. The molecular formula is C18H18Cl2N6O. The van der Waals surface area contributed by atoms with Crippen molar-refractivity contribution in [3.8, 4) is 11.4 Å². The minimum atomic E-state index is -0.0339. The Morgan fingerprint density at radius 3 is 2.70 bits per heavy atom. The summed E-state index contributed by atoms with van der Waals surface area (Å²) in [5.74, 6) is 1.38. The average Bonchev–Trinajstić information content (AvgIpc) is 3.10. The number of nitrogens with one attached hydrogen (secondary N) is 1. The molecule has 1 unspecified atom stereocenters. The third kappa shape index (κ3) is 3.57. The fourth-order valence-electron chi connectivity index (χ4n) is 3.41. The molecule has 7 nitrogen and oxygen atoms in total. The highest BCUT2D eigenvalue weighted by atomic mass is 35.5. The van der Waals surface area contributed by atoms with E-state index in [0.717, 1.165) is 30.8 Å². The van der Waals surface area contributed by atoms with Crippen molar-refractivity contribution in [1.29, 1.82) is 0 Å². The van der Waals surface area contributed by atoms with Crippen molar-refractivity contribution in [2.75, 3.05) is 25.0 Å². The van der Waals surface area contributed by atoms with Crippen LogP contribution < -0.4 is 10.2 Å². The summed E-state index contributed by atoms with van der Waals surface area (Å²) in [6.45, 7) is 1.49. The lowest BCUT2D eigenvalue weighted by Crippen LogP contribution is -2.42. The third-order valence-corrected chi connectivity index (χ3v) is 5.17. The van der Waals surface area contributed by atoms with E-state index in [9.17, 15) is 4.79 Å². The van der Waals surface area contributed by atoms with Gasteiger partial charge in [0.15, 0.2) is 11.5 Å². The van der Waals surface area contributed by atoms with Crippen LogP contribution in [0.2, 0.25) is 10.0 Å². The number of piperidine rings is 1. The van der Waals surface area contributed by atoms with Gasteiger partial charge >= 0.3 is 0 Å². The molecule has 4 rings (SSSR count). The van der Waals surface area contributed by atoms with Gasteiger partial charge in [0.2, 0.25) is 5.91 Å². The van der Waals surface area contributed by atoms with Gasteiger partial charge in [-0.2, -0.15) is 4.52 Å². The van der Waals surface area contributed by atoms with E-state index in [1.807, 2.05) is 12.1 Å². The van der Waals surface area contributed by atoms with Crippen molar-refractivity contribution >= 4 is 40.6 Å². The number of hydrogen-bond acceptors (Lipinski definition) is 5. The maximum Gasteiger partial charge on any atom is 0.224 e. The molecule has 1 N–H and O–H groups in total. The van der Waals surface area contributed by atoms with Crippen molar-refractivity contribution in [2.45, 2.75) is 12.8 Å². The summed E-state index contributed by atoms with van der Waals surface area (Å²) in [7, 11) is 1.67. The first-order chi connectivity index (χ1) is 13.0. The quantitative estimate of drug-likeness (QED) is 0.725. The number of amides is 1. The zero-order valence-corrected chi connectivity index (χ0v) is 16.2. The Morgan fingerprint density at radius 1 is 1.19 bits per heavy atom. The van der Waals surface area contributed by atoms with Crippen LogP contribution in [0.15, 0.2) is 30.3 Å². The summed E-state index contributed by atoms with van der Waals surface area (Å²) in [6.07, 6.45) is 1.83. The number of halogens is 2. The van der Waals surface area contributed by atoms with Gasteiger partial charge < -0.3 is 10.2 Å². The highest BCUT2D eigenvalue weighted by Crippen LogP contribution is 2.27. The normalized spacial score (nSPS) is 17.3. The number of carbonyl (C=O) groups excluding carboxylic acids is 1. The molecule has 0 bridgehead atoms. The molecule has 1 saturated heterocycles. The zero-order valence-electron chi connectivity index (χ0n) is 14.7. The van der Waals surface area contributed by atoms with Gasteiger partial charge in [-0.15, -0.1) is 15.3 Å². The maximum atomic E-state index is 12.0. The van der Waals surface area contributed by atoms with E-state index in [-0.39, 0.29) is 11.8 Å². The predicted octanol–water partition coefficient (Wildman–Crippen LogP) is 3.06. The molecule has 3 heterocycles. The highest BCUT2D eigenvalue weighted by molar-refractivity contribution is 6.35. The number of hydrogen-bond donors (Lipinski definition) is 1. The monoisotopic (exact) mass is 404 g/mol. The van der Waals surface area contributed by atoms with Crippen LogP contribution in [-0.4, -0.2) is 45.9 Å². The number of carbonyl (C=O) groups is 1. The topological polar surface area (TPSA) is 75.4 Å². The van der Waals surface area contributed by atoms with E-state index < -0.39 is 0 Å². The number of anilines is 1. The van der Waals surface area contributed by atoms with Crippen LogP contribution in [0.3, 0.4) is 0 Å². The van der Waals surface area contributed by atoms with Crippen LogP contribution in [0.25, 0.3) is 17.0 Å². The summed E-state index contributed by atoms with van der Waals surface area (Å²) < 4.78 is 1.68. The Labute approximate surface area is 166 Å². The van der Waals surface area contributed by atoms with Crippen molar-refractivity contribution in [2.24, 2.45) is 5.92 Å². The summed E-state index contributed by atoms with van der Waals surface area (Å²) in [5, 5.41) is 16.9. The molecule has 27 heavy (non-hydrogen) atoms. The highest BCUT2D eigenvalue weighted by Gasteiger charge is 2.26. The Hall–Kier alpha value is -2.38. The number of benzene rings is 1. The second kappa shape index (κ2) is 7.32. The lowest BCUT2D eigenvalue weighted by Gasteiger charge is -2.32. The van der Waals surface area contributed by atoms with Crippen LogP contribution in [0.1, 0.15) is 12.8 Å². The van der Waals surface area contributed by atoms with Gasteiger partial charge in [-0.05, 0) is 43.2 Å². The largest absolute Gasteiger partial charge is 0.359 e. The first-order valence-corrected chi connectivity index (χ1v) is 9.46. The van der Waals surface area contributed by atoms with E-state index in [1.54, 1.807) is 29.8 Å². The van der Waals surface area contributed by atoms with Crippen molar-refractivity contribution in [3.05, 3.63) is 40.4 Å². The molecule has 0 spiro atoms. The second-order valence-electron chi connectivity index (χ2n) is 6.54. The maximum absolute atomic E-state index is 12.0. The van der Waals surface area contributed by atoms with Crippen molar-refractivity contribution < 1.29 is 4.79 Å². The van der Waals surface area contributed by atoms with E-state index in [0.29, 0.717) is 28.1 Å². The van der Waals surface area contributed by atoms with E-state index >= 15 is 0 Å². The minimum absolute atomic E-state index is 0.0339. The van der Waals surface area contributed by atoms with Gasteiger partial charge in [0.05, 0.1) is 5.92 Å². The average molecular weight is 405 g/mol. The number of aromatic nitrogens is 4. The van der Waals surface area contributed by atoms with Crippen LogP contribution in [-0.2, 0) is 4.79 Å². The molecule has 1 aliphatic rings. The lowest BCUT2D eigenvalue weighted by atomic mass is 9.97. The van der Waals surface area contributed by atoms with Gasteiger partial charge in [0.25, 0.3) is 0 Å². The number of nitrogens with zero attached hydrogens (tertiary/aromatic N) is 5. The fraction of sp³-hybridized carbons (Fsp3) is 0.333. The standard InChI is InChI=1S/C18H18Cl2N6O/c1-21-18(27)11-3-2-6-25(10-11)16-5-4-15-22-23-17(26(15)24-16)12-7-13(19)9-14(20)8-12/h4-5,7-9,11H,2-3,6,10H2,1H3,(H,21,27). The number of fused-ring (bicyclic) bond motifs is 1. The minimum Gasteiger partial charge on any atom is -0.359 e. The Bertz CT molecular complexity index is 984. The molecule has 0 radical (unpaired) electrons. The smallest absolute Gasteiger partial charge is 0.224 e. The molecule has 140 valence electrons. The number of rotatable bonds is 3. The van der Waals surface area contributed by atoms with Crippen LogP contribution in [0.4, 0.5) is 5.82 Å². The zero-order chi connectivity index (χ0) is 19.0. The van der Waals surface area contributed by atoms with E-state index in [1.165, 1.54) is 0 Å². The SMILES string of the molecule is CNC(=O)C1CCCN(c2ccc3nnc(-c4cc(Cl)cc(Cl)c4)n3n2)C1. The van der Waals surface area contributed by atoms with Crippen molar-refractivity contribution in [1.82, 2.24) is 25.1 Å². The van der Waals surface area contributed by atoms with Crippen molar-refractivity contribution in [3.63, 3.8) is 0 Å². The predicted molar refractivity (Wildman–Crippen MR) is 105 cm³/mol. The molecule has 0 saturated carbocycles. The van der Waals surface area contributed by atoms with Gasteiger partial charge in [0, 0.05) is 35.7 Å². The molecule has 1 aliphatic heterocycles.